The van der Waals surface area contributed by atoms with E-state index in [1.807, 2.05) is 6.92 Å². The number of benzene rings is 2. The Kier molecular flexibility index (Phi) is 6.96. The van der Waals surface area contributed by atoms with Crippen molar-refractivity contribution in [2.24, 2.45) is 0 Å². The number of hydrogen-bond donors (Lipinski definition) is 2. The van der Waals surface area contributed by atoms with Crippen molar-refractivity contribution in [1.29, 1.82) is 0 Å². The van der Waals surface area contributed by atoms with Gasteiger partial charge in [0.1, 0.15) is 5.82 Å². The number of thioether (sulfide) groups is 1. The van der Waals surface area contributed by atoms with E-state index in [9.17, 15) is 14.0 Å². The van der Waals surface area contributed by atoms with Crippen LogP contribution in [0.1, 0.15) is 23.7 Å². The van der Waals surface area contributed by atoms with Crippen LogP contribution in [0.2, 0.25) is 0 Å². The van der Waals surface area contributed by atoms with Crippen molar-refractivity contribution >= 4 is 29.3 Å². The second-order valence-electron chi connectivity index (χ2n) is 6.00. The molecule has 3 rings (SSSR count). The van der Waals surface area contributed by atoms with E-state index in [1.165, 1.54) is 6.07 Å². The zero-order valence-corrected chi connectivity index (χ0v) is 16.5. The van der Waals surface area contributed by atoms with Crippen LogP contribution >= 0.6 is 11.8 Å². The van der Waals surface area contributed by atoms with E-state index in [2.05, 4.69) is 20.5 Å². The van der Waals surface area contributed by atoms with E-state index in [-0.39, 0.29) is 11.7 Å². The number of hydrogen-bond acceptors (Lipinski definition) is 6. The second kappa shape index (κ2) is 9.83. The lowest BCUT2D eigenvalue weighted by Crippen LogP contribution is -2.14. The number of rotatable bonds is 8. The highest BCUT2D eigenvalue weighted by atomic mass is 32.2. The molecule has 29 heavy (non-hydrogen) atoms. The molecule has 0 unspecified atom stereocenters. The first-order valence-electron chi connectivity index (χ1n) is 8.94. The summed E-state index contributed by atoms with van der Waals surface area (Å²) in [6.45, 7) is 2.29. The quantitative estimate of drug-likeness (QED) is 0.429. The minimum absolute atomic E-state index is 0.0782. The third-order valence-corrected chi connectivity index (χ3v) is 4.62. The predicted octanol–water partition coefficient (Wildman–Crippen LogP) is 3.91. The zero-order valence-electron chi connectivity index (χ0n) is 15.6. The third kappa shape index (κ3) is 5.64. The Morgan fingerprint density at radius 1 is 1.17 bits per heavy atom. The average Bonchev–Trinajstić information content (AvgIpc) is 3.20. The van der Waals surface area contributed by atoms with Gasteiger partial charge in [-0.25, -0.2) is 14.2 Å². The zero-order chi connectivity index (χ0) is 20.6. The van der Waals surface area contributed by atoms with Crippen LogP contribution in [-0.2, 0) is 9.53 Å². The Labute approximate surface area is 171 Å². The number of nitrogens with one attached hydrogen (secondary N) is 2. The van der Waals surface area contributed by atoms with Gasteiger partial charge in [-0.15, -0.1) is 5.10 Å². The molecule has 1 heterocycles. The summed E-state index contributed by atoms with van der Waals surface area (Å²) in [6.07, 6.45) is 0.754. The molecular formula is C20H19FN4O3S. The summed E-state index contributed by atoms with van der Waals surface area (Å²) in [6, 6.07) is 12.7. The van der Waals surface area contributed by atoms with Gasteiger partial charge in [-0.2, -0.15) is 0 Å². The molecule has 0 fully saturated rings. The molecule has 0 saturated carbocycles. The molecule has 0 spiro atoms. The Balaban J connectivity index is 1.51. The van der Waals surface area contributed by atoms with Gasteiger partial charge in [0.05, 0.1) is 23.5 Å². The first-order chi connectivity index (χ1) is 14.1. The van der Waals surface area contributed by atoms with Gasteiger partial charge in [-0.3, -0.25) is 9.89 Å². The smallest absolute Gasteiger partial charge is 0.338 e. The lowest BCUT2D eigenvalue weighted by atomic mass is 10.2. The van der Waals surface area contributed by atoms with Gasteiger partial charge in [0.25, 0.3) is 0 Å². The van der Waals surface area contributed by atoms with E-state index in [0.717, 1.165) is 18.2 Å². The standard InChI is InChI=1S/C20H19FN4O3S/c1-2-11-28-19(27)13-7-9-14(10-8-13)22-17(26)12-29-20-23-18(24-25-20)15-5-3-4-6-16(15)21/h3-10H,2,11-12H2,1H3,(H,22,26)(H,23,24,25). The summed E-state index contributed by atoms with van der Waals surface area (Å²) in [5.41, 5.74) is 1.30. The fourth-order valence-corrected chi connectivity index (χ4v) is 2.98. The van der Waals surface area contributed by atoms with Crippen molar-refractivity contribution in [1.82, 2.24) is 15.2 Å². The highest BCUT2D eigenvalue weighted by Gasteiger charge is 2.12. The molecule has 3 aromatic rings. The summed E-state index contributed by atoms with van der Waals surface area (Å²) in [5.74, 6) is -0.671. The highest BCUT2D eigenvalue weighted by molar-refractivity contribution is 7.99. The van der Waals surface area contributed by atoms with Crippen molar-refractivity contribution in [2.75, 3.05) is 17.7 Å². The van der Waals surface area contributed by atoms with Crippen molar-refractivity contribution < 1.29 is 18.7 Å². The van der Waals surface area contributed by atoms with E-state index < -0.39 is 11.8 Å². The number of ether oxygens (including phenoxy) is 1. The lowest BCUT2D eigenvalue weighted by Gasteiger charge is -2.06. The molecule has 0 aliphatic carbocycles. The molecule has 9 heteroatoms. The largest absolute Gasteiger partial charge is 0.462 e. The van der Waals surface area contributed by atoms with Crippen LogP contribution in [0.25, 0.3) is 11.4 Å². The first-order valence-corrected chi connectivity index (χ1v) is 9.92. The summed E-state index contributed by atoms with van der Waals surface area (Å²) >= 11 is 1.12. The topological polar surface area (TPSA) is 97.0 Å². The maximum absolute atomic E-state index is 13.8. The molecule has 150 valence electrons. The molecular weight excluding hydrogens is 395 g/mol. The molecule has 7 nitrogen and oxygen atoms in total. The number of carbonyl (C=O) groups excluding carboxylic acids is 2. The van der Waals surface area contributed by atoms with Crippen LogP contribution in [0.5, 0.6) is 0 Å². The lowest BCUT2D eigenvalue weighted by molar-refractivity contribution is -0.113. The van der Waals surface area contributed by atoms with Crippen molar-refractivity contribution in [3.05, 3.63) is 59.9 Å². The average molecular weight is 414 g/mol. The van der Waals surface area contributed by atoms with Crippen LogP contribution in [0, 0.1) is 5.82 Å². The first kappa shape index (κ1) is 20.5. The number of aromatic nitrogens is 3. The van der Waals surface area contributed by atoms with Gasteiger partial charge in [-0.05, 0) is 42.8 Å². The van der Waals surface area contributed by atoms with Crippen LogP contribution in [-0.4, -0.2) is 39.4 Å². The van der Waals surface area contributed by atoms with Crippen molar-refractivity contribution in [2.45, 2.75) is 18.5 Å². The molecule has 0 atom stereocenters. The van der Waals surface area contributed by atoms with E-state index in [1.54, 1.807) is 42.5 Å². The number of anilines is 1. The second-order valence-corrected chi connectivity index (χ2v) is 6.94. The molecule has 0 radical (unpaired) electrons. The molecule has 0 bridgehead atoms. The van der Waals surface area contributed by atoms with Gasteiger partial charge in [0.2, 0.25) is 11.1 Å². The van der Waals surface area contributed by atoms with Gasteiger partial charge in [0.15, 0.2) is 5.82 Å². The maximum Gasteiger partial charge on any atom is 0.338 e. The SMILES string of the molecule is CCCOC(=O)c1ccc(NC(=O)CSc2n[nH]c(-c3ccccc3F)n2)cc1. The Hall–Kier alpha value is -3.20. The molecule has 2 aromatic carbocycles. The summed E-state index contributed by atoms with van der Waals surface area (Å²) in [7, 11) is 0. The van der Waals surface area contributed by atoms with Crippen molar-refractivity contribution in [3.63, 3.8) is 0 Å². The summed E-state index contributed by atoms with van der Waals surface area (Å²) < 4.78 is 18.8. The number of nitrogens with zero attached hydrogens (tertiary/aromatic N) is 2. The molecule has 1 aromatic heterocycles. The maximum atomic E-state index is 13.8. The molecule has 1 amide bonds. The van der Waals surface area contributed by atoms with E-state index >= 15 is 0 Å². The van der Waals surface area contributed by atoms with Crippen LogP contribution in [0.3, 0.4) is 0 Å². The van der Waals surface area contributed by atoms with Gasteiger partial charge >= 0.3 is 5.97 Å². The summed E-state index contributed by atoms with van der Waals surface area (Å²) in [4.78, 5) is 28.1. The minimum atomic E-state index is -0.403. The Morgan fingerprint density at radius 3 is 2.66 bits per heavy atom. The molecule has 0 aliphatic rings. The molecule has 0 aliphatic heterocycles. The molecule has 2 N–H and O–H groups in total. The predicted molar refractivity (Wildman–Crippen MR) is 108 cm³/mol. The minimum Gasteiger partial charge on any atom is -0.462 e. The number of halogens is 1. The van der Waals surface area contributed by atoms with Gasteiger partial charge in [0, 0.05) is 5.69 Å². The van der Waals surface area contributed by atoms with Crippen LogP contribution in [0.15, 0.2) is 53.7 Å². The number of carbonyl (C=O) groups is 2. The fourth-order valence-electron chi connectivity index (χ4n) is 2.38. The summed E-state index contributed by atoms with van der Waals surface area (Å²) in [5, 5.41) is 9.74. The fraction of sp³-hybridized carbons (Fsp3) is 0.200. The monoisotopic (exact) mass is 414 g/mol. The number of esters is 1. The van der Waals surface area contributed by atoms with E-state index in [0.29, 0.717) is 34.4 Å². The van der Waals surface area contributed by atoms with Crippen molar-refractivity contribution in [3.8, 4) is 11.4 Å². The van der Waals surface area contributed by atoms with E-state index in [4.69, 9.17) is 4.74 Å². The Bertz CT molecular complexity index is 991. The number of H-pyrrole nitrogens is 1. The number of amides is 1. The van der Waals surface area contributed by atoms with Gasteiger partial charge in [-0.1, -0.05) is 30.8 Å². The Morgan fingerprint density at radius 2 is 1.93 bits per heavy atom. The van der Waals surface area contributed by atoms with Crippen LogP contribution in [0.4, 0.5) is 10.1 Å². The van der Waals surface area contributed by atoms with Crippen LogP contribution < -0.4 is 5.32 Å². The van der Waals surface area contributed by atoms with Gasteiger partial charge < -0.3 is 10.1 Å². The highest BCUT2D eigenvalue weighted by Crippen LogP contribution is 2.21. The number of aromatic amines is 1. The third-order valence-electron chi connectivity index (χ3n) is 3.77. The molecule has 0 saturated heterocycles. The normalized spacial score (nSPS) is 10.6.